The van der Waals surface area contributed by atoms with Crippen LogP contribution in [0.15, 0.2) is 48.6 Å². The monoisotopic (exact) mass is 993 g/mol. The Labute approximate surface area is 437 Å². The number of allylic oxidation sites excluding steroid dienone is 2. The molecule has 0 unspecified atom stereocenters. The molecule has 69 heavy (non-hydrogen) atoms. The van der Waals surface area contributed by atoms with Crippen molar-refractivity contribution in [2.75, 3.05) is 0 Å². The third-order valence-corrected chi connectivity index (χ3v) is 15.9. The van der Waals surface area contributed by atoms with Crippen LogP contribution in [0.4, 0.5) is 0 Å². The molecule has 0 aromatic heterocycles. The number of hydrogen-bond donors (Lipinski definition) is 0. The summed E-state index contributed by atoms with van der Waals surface area (Å²) in [4.78, 5) is 0. The molecule has 2 nitrogen and oxygen atoms in total. The smallest absolute Gasteiger partial charge is 0.207 e. The molecule has 0 saturated carbocycles. The molecule has 1 aliphatic heterocycles. The molecule has 3 heteroatoms. The number of rotatable bonds is 46. The van der Waals surface area contributed by atoms with E-state index in [0.29, 0.717) is 0 Å². The fourth-order valence-corrected chi connectivity index (χ4v) is 11.2. The largest absolute Gasteiger partial charge is 0.493 e. The van der Waals surface area contributed by atoms with Gasteiger partial charge in [-0.15, -0.1) is 0 Å². The molecule has 1 heterocycles. The molecule has 0 radical (unpaired) electrons. The first-order valence-electron chi connectivity index (χ1n) is 30.6. The minimum Gasteiger partial charge on any atom is -0.493 e. The van der Waals surface area contributed by atoms with Crippen LogP contribution in [-0.2, 0) is 40.1 Å². The maximum atomic E-state index is 11.8. The van der Waals surface area contributed by atoms with Crippen molar-refractivity contribution in [1.82, 2.24) is 0 Å². The molecule has 0 bridgehead atoms. The van der Waals surface area contributed by atoms with Crippen LogP contribution in [-0.4, -0.2) is 4.70 Å². The Bertz CT molecular complexity index is 1390. The van der Waals surface area contributed by atoms with E-state index in [0.717, 1.165) is 37.1 Å². The van der Waals surface area contributed by atoms with Crippen molar-refractivity contribution < 1.29 is 19.1 Å². The van der Waals surface area contributed by atoms with Gasteiger partial charge in [-0.05, 0) is 97.9 Å². The van der Waals surface area contributed by atoms with Crippen LogP contribution in [0.2, 0.25) is 10.8 Å². The van der Waals surface area contributed by atoms with Gasteiger partial charge < -0.3 is 5.53 Å². The summed E-state index contributed by atoms with van der Waals surface area (Å²) in [6, 6.07) is 14.4. The topological polar surface area (TPSA) is 25.3 Å². The van der Waals surface area contributed by atoms with Gasteiger partial charge >= 0.3 is 129 Å². The van der Waals surface area contributed by atoms with Gasteiger partial charge in [-0.1, -0.05) is 168 Å². The van der Waals surface area contributed by atoms with Gasteiger partial charge in [-0.2, -0.15) is 0 Å². The predicted octanol–water partition coefficient (Wildman–Crippen LogP) is 23.1. The van der Waals surface area contributed by atoms with Gasteiger partial charge in [0.05, 0.1) is 0 Å². The van der Waals surface area contributed by atoms with Crippen LogP contribution >= 0.6 is 0 Å². The van der Waals surface area contributed by atoms with Crippen molar-refractivity contribution in [3.8, 4) is 0 Å². The maximum Gasteiger partial charge on any atom is 0.207 e. The van der Waals surface area contributed by atoms with Crippen LogP contribution in [0.25, 0.3) is 16.9 Å². The van der Waals surface area contributed by atoms with Gasteiger partial charge in [0.1, 0.15) is 0 Å². The van der Waals surface area contributed by atoms with E-state index in [2.05, 4.69) is 90.1 Å². The van der Waals surface area contributed by atoms with Crippen molar-refractivity contribution in [2.45, 2.75) is 322 Å². The van der Waals surface area contributed by atoms with Crippen LogP contribution in [0.3, 0.4) is 0 Å². The van der Waals surface area contributed by atoms with E-state index in [1.165, 1.54) is 293 Å². The van der Waals surface area contributed by atoms with E-state index in [-0.39, 0.29) is 0 Å². The number of hydrogen-bond acceptors (Lipinski definition) is 0. The van der Waals surface area contributed by atoms with E-state index in [1.807, 2.05) is 14.4 Å². The fourth-order valence-electron chi connectivity index (χ4n) is 10.0. The minimum atomic E-state index is 0.924. The van der Waals surface area contributed by atoms with Crippen molar-refractivity contribution >= 4 is 11.4 Å². The normalized spacial score (nSPS) is 12.5. The van der Waals surface area contributed by atoms with E-state index in [1.54, 1.807) is 0 Å². The summed E-state index contributed by atoms with van der Waals surface area (Å²) in [5.41, 5.74) is 21.7. The number of unbranched alkanes of at least 4 members (excludes halogenated alkanes) is 32. The second-order valence-corrected chi connectivity index (χ2v) is 22.8. The van der Waals surface area contributed by atoms with Gasteiger partial charge in [0.15, 0.2) is 0 Å². The zero-order valence-electron chi connectivity index (χ0n) is 46.9. The van der Waals surface area contributed by atoms with Crippen molar-refractivity contribution in [2.24, 2.45) is 0 Å². The summed E-state index contributed by atoms with van der Waals surface area (Å²) in [5, 5.41) is 2.85. The maximum absolute atomic E-state index is 11.8. The second kappa shape index (κ2) is 45.8. The van der Waals surface area contributed by atoms with E-state index in [4.69, 9.17) is 0 Å². The third kappa shape index (κ3) is 32.7. The average Bonchev–Trinajstić information content (AvgIpc) is 3.75. The molecule has 0 N–H and O–H groups in total. The number of aryl methyl sites for hydroxylation is 4. The predicted molar refractivity (Wildman–Crippen MR) is 306 cm³/mol. The SMILES string of the molecule is CCCCCCCC[CH2][Ni][CH2]CCCCCCCC.CCCCCCCCc1cc(CCCCCCCC)cc(C2=CC=C(c3cc(CCCCCCCC)cc(CCCCCCCC)c3)[N+]2=[N-])c1. The van der Waals surface area contributed by atoms with E-state index in [9.17, 15) is 5.53 Å². The van der Waals surface area contributed by atoms with Gasteiger partial charge in [-0.25, -0.2) is 4.70 Å². The van der Waals surface area contributed by atoms with Crippen molar-refractivity contribution in [1.29, 1.82) is 0 Å². The van der Waals surface area contributed by atoms with Gasteiger partial charge in [0.2, 0.25) is 11.4 Å². The molecule has 0 amide bonds. The molecule has 0 spiro atoms. The minimum absolute atomic E-state index is 0.924. The third-order valence-electron chi connectivity index (χ3n) is 14.5. The summed E-state index contributed by atoms with van der Waals surface area (Å²) in [7, 11) is 0. The summed E-state index contributed by atoms with van der Waals surface area (Å²) in [5.74, 6) is 0. The molecule has 2 aromatic rings. The zero-order chi connectivity index (χ0) is 49.7. The molecule has 0 saturated heterocycles. The Balaban J connectivity index is 0.000000723. The average molecular weight is 994 g/mol. The molecular weight excluding hydrogens is 879 g/mol. The van der Waals surface area contributed by atoms with Crippen LogP contribution < -0.4 is 0 Å². The second-order valence-electron chi connectivity index (χ2n) is 21.3. The number of nitrogens with zero attached hydrogens (tertiary/aromatic N) is 2. The van der Waals surface area contributed by atoms with Gasteiger partial charge in [0, 0.05) is 23.3 Å². The Morgan fingerprint density at radius 2 is 0.507 bits per heavy atom. The Morgan fingerprint density at radius 3 is 0.754 bits per heavy atom. The van der Waals surface area contributed by atoms with E-state index < -0.39 is 0 Å². The molecule has 0 fully saturated rings. The standard InChI is InChI=1S/C48H76N2.2C9H19.Ni/c1-5-9-13-17-21-25-29-41-35-42(30-26-22-18-14-10-6-2)38-45(37-41)47-33-34-48(50(47)49)46-39-43(31-27-23-19-15-11-7-3)36-44(40-46)32-28-24-20-16-12-8-4;2*1-3-5-7-9-8-6-4-2;/h33-40H,5-32H2,1-4H3;2*1,3-9H2,2H3;. The summed E-state index contributed by atoms with van der Waals surface area (Å²) in [6.45, 7) is 13.8. The summed E-state index contributed by atoms with van der Waals surface area (Å²) >= 11 is 2.01. The first-order chi connectivity index (χ1) is 34.0. The molecule has 0 aliphatic carbocycles. The molecule has 0 atom stereocenters. The van der Waals surface area contributed by atoms with Crippen molar-refractivity contribution in [3.63, 3.8) is 0 Å². The fraction of sp³-hybridized carbons (Fsp3) is 0.758. The van der Waals surface area contributed by atoms with Crippen molar-refractivity contribution in [3.05, 3.63) is 87.5 Å². The Kier molecular flexibility index (Phi) is 41.9. The molecule has 3 rings (SSSR count). The quantitative estimate of drug-likeness (QED) is 0.0359. The first-order valence-corrected chi connectivity index (χ1v) is 32.0. The van der Waals surface area contributed by atoms with Crippen LogP contribution in [0.5, 0.6) is 0 Å². The first kappa shape index (κ1) is 63.1. The molecule has 1 aliphatic rings. The summed E-state index contributed by atoms with van der Waals surface area (Å²) in [6.07, 6.45) is 60.9. The zero-order valence-corrected chi connectivity index (χ0v) is 47.9. The molecule has 398 valence electrons. The van der Waals surface area contributed by atoms with Gasteiger partial charge in [-0.3, -0.25) is 0 Å². The van der Waals surface area contributed by atoms with Crippen LogP contribution in [0, 0.1) is 0 Å². The Hall–Kier alpha value is -1.99. The van der Waals surface area contributed by atoms with Gasteiger partial charge in [0.25, 0.3) is 0 Å². The van der Waals surface area contributed by atoms with Crippen LogP contribution in [0.1, 0.15) is 319 Å². The molecule has 2 aromatic carbocycles. The Morgan fingerprint density at radius 1 is 0.290 bits per heavy atom. The number of benzene rings is 2. The summed E-state index contributed by atoms with van der Waals surface area (Å²) < 4.78 is 1.50. The van der Waals surface area contributed by atoms with E-state index >= 15 is 0 Å². The molecular formula is C66H114N2Ni.